The van der Waals surface area contributed by atoms with Crippen LogP contribution in [0, 0.1) is 13.8 Å². The van der Waals surface area contributed by atoms with Crippen molar-refractivity contribution < 1.29 is 9.59 Å². The first-order valence-electron chi connectivity index (χ1n) is 12.0. The third kappa shape index (κ3) is 5.19. The van der Waals surface area contributed by atoms with E-state index < -0.39 is 0 Å². The number of aromatic nitrogens is 3. The van der Waals surface area contributed by atoms with Crippen molar-refractivity contribution in [3.8, 4) is 10.4 Å². The Balaban J connectivity index is 1.41. The van der Waals surface area contributed by atoms with E-state index in [4.69, 9.17) is 0 Å². The number of carbonyl (C=O) groups is 2. The van der Waals surface area contributed by atoms with E-state index in [1.54, 1.807) is 16.3 Å². The van der Waals surface area contributed by atoms with Gasteiger partial charge in [-0.05, 0) is 31.4 Å². The fourth-order valence-corrected chi connectivity index (χ4v) is 6.06. The van der Waals surface area contributed by atoms with Crippen molar-refractivity contribution in [2.75, 3.05) is 13.6 Å². The van der Waals surface area contributed by atoms with Crippen molar-refractivity contribution in [3.05, 3.63) is 99.9 Å². The summed E-state index contributed by atoms with van der Waals surface area (Å²) in [4.78, 5) is 39.4. The molecule has 2 aromatic carbocycles. The molecule has 2 amide bonds. The Morgan fingerprint density at radius 2 is 1.73 bits per heavy atom. The smallest absolute Gasteiger partial charge is 0.274 e. The van der Waals surface area contributed by atoms with Gasteiger partial charge in [0, 0.05) is 25.2 Å². The maximum atomic E-state index is 13.8. The zero-order valence-electron chi connectivity index (χ0n) is 20.8. The molecule has 188 valence electrons. The Hall–Kier alpha value is -3.82. The van der Waals surface area contributed by atoms with Gasteiger partial charge in [-0.1, -0.05) is 60.7 Å². The van der Waals surface area contributed by atoms with Crippen molar-refractivity contribution in [2.45, 2.75) is 26.3 Å². The summed E-state index contributed by atoms with van der Waals surface area (Å²) in [6.45, 7) is 4.03. The number of likely N-dealkylation sites (N-methyl/N-ethyl adjacent to an activating group) is 1. The average molecular weight is 530 g/mol. The highest BCUT2D eigenvalue weighted by atomic mass is 32.1. The second-order valence-corrected chi connectivity index (χ2v) is 10.9. The molecule has 37 heavy (non-hydrogen) atoms. The van der Waals surface area contributed by atoms with Crippen molar-refractivity contribution >= 4 is 39.4 Å². The first-order valence-corrected chi connectivity index (χ1v) is 13.7. The van der Waals surface area contributed by atoms with Gasteiger partial charge in [0.05, 0.1) is 21.6 Å². The fourth-order valence-electron chi connectivity index (χ4n) is 4.38. The molecule has 1 atom stereocenters. The topological polar surface area (TPSA) is 79.6 Å². The SMILES string of the molecule is Cc1nc(C(=O)N(C)[C@H](CNC(=O)c2c(C)nc3sccn23)Cc2ccccc2)c(-c2ccccc2)s1. The zero-order valence-corrected chi connectivity index (χ0v) is 22.5. The van der Waals surface area contributed by atoms with Crippen LogP contribution in [0.1, 0.15) is 37.2 Å². The minimum absolute atomic E-state index is 0.167. The average Bonchev–Trinajstić information content (AvgIpc) is 3.60. The number of benzene rings is 2. The molecule has 0 fully saturated rings. The van der Waals surface area contributed by atoms with E-state index in [2.05, 4.69) is 15.3 Å². The fraction of sp³-hybridized carbons (Fsp3) is 0.214. The molecule has 3 aromatic heterocycles. The van der Waals surface area contributed by atoms with Gasteiger partial charge in [0.1, 0.15) is 11.4 Å². The van der Waals surface area contributed by atoms with Crippen LogP contribution in [0.3, 0.4) is 0 Å². The number of aryl methyl sites for hydroxylation is 2. The van der Waals surface area contributed by atoms with Crippen molar-refractivity contribution in [2.24, 2.45) is 0 Å². The summed E-state index contributed by atoms with van der Waals surface area (Å²) in [5.74, 6) is -0.379. The van der Waals surface area contributed by atoms with E-state index in [-0.39, 0.29) is 24.4 Å². The summed E-state index contributed by atoms with van der Waals surface area (Å²) >= 11 is 3.00. The molecule has 0 spiro atoms. The van der Waals surface area contributed by atoms with Crippen molar-refractivity contribution in [3.63, 3.8) is 0 Å². The van der Waals surface area contributed by atoms with E-state index in [9.17, 15) is 9.59 Å². The van der Waals surface area contributed by atoms with E-state index >= 15 is 0 Å². The summed E-state index contributed by atoms with van der Waals surface area (Å²) < 4.78 is 1.81. The third-order valence-electron chi connectivity index (χ3n) is 6.30. The summed E-state index contributed by atoms with van der Waals surface area (Å²) in [6, 6.07) is 19.6. The molecule has 0 aliphatic rings. The number of fused-ring (bicyclic) bond motifs is 1. The maximum Gasteiger partial charge on any atom is 0.274 e. The first-order chi connectivity index (χ1) is 17.9. The minimum Gasteiger partial charge on any atom is -0.349 e. The van der Waals surface area contributed by atoms with Crippen molar-refractivity contribution in [1.29, 1.82) is 0 Å². The number of hydrogen-bond acceptors (Lipinski definition) is 6. The Bertz CT molecular complexity index is 1540. The summed E-state index contributed by atoms with van der Waals surface area (Å²) in [7, 11) is 1.78. The van der Waals surface area contributed by atoms with Gasteiger partial charge >= 0.3 is 0 Å². The molecule has 0 saturated heterocycles. The van der Waals surface area contributed by atoms with Gasteiger partial charge in [0.2, 0.25) is 0 Å². The Kier molecular flexibility index (Phi) is 7.16. The number of nitrogens with zero attached hydrogens (tertiary/aromatic N) is 4. The van der Waals surface area contributed by atoms with Gasteiger partial charge in [0.15, 0.2) is 4.96 Å². The monoisotopic (exact) mass is 529 g/mol. The lowest BCUT2D eigenvalue weighted by molar-refractivity contribution is 0.0713. The lowest BCUT2D eigenvalue weighted by atomic mass is 10.0. The summed E-state index contributed by atoms with van der Waals surface area (Å²) in [5.41, 5.74) is 3.69. The van der Waals surface area contributed by atoms with Crippen LogP contribution in [0.4, 0.5) is 0 Å². The van der Waals surface area contributed by atoms with Crippen LogP contribution in [0.15, 0.2) is 72.2 Å². The highest BCUT2D eigenvalue weighted by Crippen LogP contribution is 2.31. The molecule has 0 saturated carbocycles. The standard InChI is InChI=1S/C28H27N5O2S2/c1-18-24(33-14-15-36-28(33)30-18)26(34)29-17-22(16-20-10-6-4-7-11-20)32(3)27(35)23-25(37-19(2)31-23)21-12-8-5-9-13-21/h4-15,22H,16-17H2,1-3H3,(H,29,34)/t22-/m0/s1. The molecule has 0 bridgehead atoms. The highest BCUT2D eigenvalue weighted by Gasteiger charge is 2.28. The molecule has 9 heteroatoms. The number of thiazole rings is 2. The molecule has 5 rings (SSSR count). The van der Waals surface area contributed by atoms with E-state index in [1.807, 2.05) is 86.1 Å². The van der Waals surface area contributed by atoms with Crippen LogP contribution in [0.25, 0.3) is 15.4 Å². The number of rotatable bonds is 8. The van der Waals surface area contributed by atoms with Crippen LogP contribution >= 0.6 is 22.7 Å². The second kappa shape index (κ2) is 10.7. The van der Waals surface area contributed by atoms with Gasteiger partial charge in [-0.25, -0.2) is 9.97 Å². The quantitative estimate of drug-likeness (QED) is 0.298. The Labute approximate surface area is 223 Å². The predicted molar refractivity (Wildman–Crippen MR) is 148 cm³/mol. The van der Waals surface area contributed by atoms with Crippen LogP contribution in [0.5, 0.6) is 0 Å². The highest BCUT2D eigenvalue weighted by molar-refractivity contribution is 7.15. The first kappa shape index (κ1) is 24.9. The zero-order chi connectivity index (χ0) is 25.9. The normalized spacial score (nSPS) is 12.0. The molecular weight excluding hydrogens is 502 g/mol. The summed E-state index contributed by atoms with van der Waals surface area (Å²) in [5, 5.41) is 5.80. The van der Waals surface area contributed by atoms with Gasteiger partial charge in [-0.3, -0.25) is 14.0 Å². The van der Waals surface area contributed by atoms with Crippen LogP contribution < -0.4 is 5.32 Å². The van der Waals surface area contributed by atoms with Gasteiger partial charge < -0.3 is 10.2 Å². The molecule has 0 aliphatic carbocycles. The number of amides is 2. The van der Waals surface area contributed by atoms with Crippen LogP contribution in [0.2, 0.25) is 0 Å². The van der Waals surface area contributed by atoms with E-state index in [0.29, 0.717) is 23.5 Å². The molecule has 0 radical (unpaired) electrons. The number of carbonyl (C=O) groups excluding carboxylic acids is 2. The van der Waals surface area contributed by atoms with Gasteiger partial charge in [-0.15, -0.1) is 22.7 Å². The van der Waals surface area contributed by atoms with Crippen LogP contribution in [-0.2, 0) is 6.42 Å². The molecule has 1 N–H and O–H groups in total. The maximum absolute atomic E-state index is 13.8. The minimum atomic E-state index is -0.282. The van der Waals surface area contributed by atoms with Crippen LogP contribution in [-0.4, -0.2) is 50.7 Å². The van der Waals surface area contributed by atoms with Crippen molar-refractivity contribution in [1.82, 2.24) is 24.6 Å². The molecular formula is C28H27N5O2S2. The molecule has 0 aliphatic heterocycles. The van der Waals surface area contributed by atoms with E-state index in [1.165, 1.54) is 22.7 Å². The molecule has 3 heterocycles. The number of hydrogen-bond donors (Lipinski definition) is 1. The summed E-state index contributed by atoms with van der Waals surface area (Å²) in [6.07, 6.45) is 2.44. The van der Waals surface area contributed by atoms with Gasteiger partial charge in [-0.2, -0.15) is 0 Å². The van der Waals surface area contributed by atoms with E-state index in [0.717, 1.165) is 26.0 Å². The lowest BCUT2D eigenvalue weighted by Crippen LogP contribution is -2.46. The number of imidazole rings is 1. The Morgan fingerprint density at radius 1 is 1.03 bits per heavy atom. The lowest BCUT2D eigenvalue weighted by Gasteiger charge is -2.28. The third-order valence-corrected chi connectivity index (χ3v) is 8.08. The second-order valence-electron chi connectivity index (χ2n) is 8.85. The van der Waals surface area contributed by atoms with Gasteiger partial charge in [0.25, 0.3) is 11.8 Å². The molecule has 7 nitrogen and oxygen atoms in total. The Morgan fingerprint density at radius 3 is 2.46 bits per heavy atom. The number of nitrogens with one attached hydrogen (secondary N) is 1. The molecule has 5 aromatic rings. The largest absolute Gasteiger partial charge is 0.349 e. The molecule has 0 unspecified atom stereocenters. The predicted octanol–water partition coefficient (Wildman–Crippen LogP) is 5.25.